The first-order valence-electron chi connectivity index (χ1n) is 13.7. The molecule has 0 aromatic heterocycles. The summed E-state index contributed by atoms with van der Waals surface area (Å²) >= 11 is 0. The van der Waals surface area contributed by atoms with E-state index in [0.29, 0.717) is 17.9 Å². The number of benzene rings is 2. The number of fused-ring (bicyclic) bond motifs is 1. The third-order valence-corrected chi connectivity index (χ3v) is 9.24. The summed E-state index contributed by atoms with van der Waals surface area (Å²) in [7, 11) is 3.23. The van der Waals surface area contributed by atoms with Gasteiger partial charge in [-0.25, -0.2) is 0 Å². The molecule has 2 aliphatic rings. The van der Waals surface area contributed by atoms with E-state index in [0.717, 1.165) is 37.0 Å². The fourth-order valence-corrected chi connectivity index (χ4v) is 6.78. The molecule has 2 amide bonds. The van der Waals surface area contributed by atoms with Gasteiger partial charge in [0.15, 0.2) is 0 Å². The molecule has 0 bridgehead atoms. The van der Waals surface area contributed by atoms with Gasteiger partial charge in [0.1, 0.15) is 11.5 Å². The van der Waals surface area contributed by atoms with Gasteiger partial charge in [-0.2, -0.15) is 0 Å². The molecule has 38 heavy (non-hydrogen) atoms. The fourth-order valence-electron chi connectivity index (χ4n) is 6.78. The van der Waals surface area contributed by atoms with E-state index in [4.69, 9.17) is 9.47 Å². The Morgan fingerprint density at radius 3 is 2.18 bits per heavy atom. The first-order valence-corrected chi connectivity index (χ1v) is 13.7. The Morgan fingerprint density at radius 1 is 1.00 bits per heavy atom. The van der Waals surface area contributed by atoms with E-state index in [2.05, 4.69) is 24.5 Å². The molecule has 4 rings (SSSR count). The van der Waals surface area contributed by atoms with Gasteiger partial charge >= 0.3 is 0 Å². The predicted molar refractivity (Wildman–Crippen MR) is 147 cm³/mol. The Balaban J connectivity index is 1.40. The minimum absolute atomic E-state index is 0.00400. The van der Waals surface area contributed by atoms with Crippen LogP contribution in [0, 0.1) is 29.1 Å². The molecule has 0 spiro atoms. The molecule has 3 N–H and O–H groups in total. The molecule has 7 nitrogen and oxygen atoms in total. The van der Waals surface area contributed by atoms with Crippen LogP contribution in [0.2, 0.25) is 0 Å². The van der Waals surface area contributed by atoms with E-state index in [1.54, 1.807) is 38.5 Å². The number of carbonyl (C=O) groups excluding carboxylic acids is 2. The van der Waals surface area contributed by atoms with Crippen LogP contribution in [-0.2, 0) is 11.3 Å². The Labute approximate surface area is 226 Å². The number of hydrogen-bond acceptors (Lipinski definition) is 5. The van der Waals surface area contributed by atoms with Gasteiger partial charge in [-0.05, 0) is 90.8 Å². The number of amides is 2. The van der Waals surface area contributed by atoms with Gasteiger partial charge in [0, 0.05) is 24.1 Å². The Kier molecular flexibility index (Phi) is 8.66. The van der Waals surface area contributed by atoms with Crippen LogP contribution in [0.3, 0.4) is 0 Å². The van der Waals surface area contributed by atoms with Crippen molar-refractivity contribution in [1.82, 2.24) is 10.6 Å². The average Bonchev–Trinajstić information content (AvgIpc) is 2.93. The van der Waals surface area contributed by atoms with Gasteiger partial charge in [-0.3, -0.25) is 9.59 Å². The number of carbonyl (C=O) groups is 2. The maximum Gasteiger partial charge on any atom is 0.251 e. The first kappa shape index (κ1) is 28.0. The number of rotatable bonds is 8. The normalized spacial score (nSPS) is 29.5. The van der Waals surface area contributed by atoms with Crippen molar-refractivity contribution in [2.24, 2.45) is 29.1 Å². The van der Waals surface area contributed by atoms with E-state index >= 15 is 0 Å². The van der Waals surface area contributed by atoms with Gasteiger partial charge in [-0.1, -0.05) is 32.9 Å². The highest BCUT2D eigenvalue weighted by atomic mass is 16.5. The van der Waals surface area contributed by atoms with Crippen LogP contribution in [-0.4, -0.2) is 43.3 Å². The zero-order valence-corrected chi connectivity index (χ0v) is 23.2. The summed E-state index contributed by atoms with van der Waals surface area (Å²) in [6, 6.07) is 14.7. The Bertz CT molecular complexity index is 1100. The molecule has 0 aliphatic heterocycles. The van der Waals surface area contributed by atoms with Crippen LogP contribution in [0.25, 0.3) is 0 Å². The van der Waals surface area contributed by atoms with E-state index in [-0.39, 0.29) is 46.9 Å². The van der Waals surface area contributed by atoms with Crippen molar-refractivity contribution in [3.63, 3.8) is 0 Å². The summed E-state index contributed by atoms with van der Waals surface area (Å²) in [5, 5.41) is 17.9. The Morgan fingerprint density at radius 2 is 1.58 bits per heavy atom. The summed E-state index contributed by atoms with van der Waals surface area (Å²) < 4.78 is 10.4. The highest BCUT2D eigenvalue weighted by Gasteiger charge is 2.53. The maximum absolute atomic E-state index is 13.1. The lowest BCUT2D eigenvalue weighted by atomic mass is 9.51. The molecular weight excluding hydrogens is 480 g/mol. The van der Waals surface area contributed by atoms with Crippen LogP contribution >= 0.6 is 0 Å². The predicted octanol–water partition coefficient (Wildman–Crippen LogP) is 4.58. The number of ether oxygens (including phenoxy) is 2. The largest absolute Gasteiger partial charge is 0.497 e. The molecule has 2 fully saturated rings. The quantitative estimate of drug-likeness (QED) is 0.472. The summed E-state index contributed by atoms with van der Waals surface area (Å²) in [4.78, 5) is 26.1. The van der Waals surface area contributed by atoms with E-state index in [1.807, 2.05) is 31.2 Å². The standard InChI is InChI=1S/C31H42N2O5/c1-19(29(35)32-18-21-6-10-23(37-4)11-7-21)25-14-16-31(3)17-15-26(20(2)27(31)28(25)34)33-30(36)22-8-12-24(38-5)13-9-22/h6-13,19-20,25-28,34H,14-18H2,1-5H3,(H,32,35)(H,33,36). The molecular formula is C31H42N2O5. The van der Waals surface area contributed by atoms with Crippen LogP contribution in [0.4, 0.5) is 0 Å². The zero-order chi connectivity index (χ0) is 27.4. The fraction of sp³-hybridized carbons (Fsp3) is 0.548. The third-order valence-electron chi connectivity index (χ3n) is 9.24. The lowest BCUT2D eigenvalue weighted by Crippen LogP contribution is -2.58. The molecule has 2 saturated carbocycles. The second kappa shape index (κ2) is 11.8. The lowest BCUT2D eigenvalue weighted by Gasteiger charge is -2.56. The van der Waals surface area contributed by atoms with Gasteiger partial charge < -0.3 is 25.2 Å². The van der Waals surface area contributed by atoms with Crippen LogP contribution in [0.1, 0.15) is 62.4 Å². The number of nitrogens with one attached hydrogen (secondary N) is 2. The van der Waals surface area contributed by atoms with Crippen molar-refractivity contribution in [2.45, 2.75) is 65.1 Å². The average molecular weight is 523 g/mol. The van der Waals surface area contributed by atoms with Crippen molar-refractivity contribution in [2.75, 3.05) is 14.2 Å². The highest BCUT2D eigenvalue weighted by molar-refractivity contribution is 5.94. The number of hydrogen-bond donors (Lipinski definition) is 3. The van der Waals surface area contributed by atoms with Gasteiger partial charge in [0.25, 0.3) is 5.91 Å². The van der Waals surface area contributed by atoms with Crippen molar-refractivity contribution >= 4 is 11.8 Å². The Hall–Kier alpha value is -3.06. The molecule has 2 aromatic carbocycles. The number of aliphatic hydroxyl groups is 1. The van der Waals surface area contributed by atoms with Gasteiger partial charge in [0.2, 0.25) is 5.91 Å². The summed E-state index contributed by atoms with van der Waals surface area (Å²) in [6.45, 7) is 6.77. The van der Waals surface area contributed by atoms with E-state index in [1.165, 1.54) is 0 Å². The lowest BCUT2D eigenvalue weighted by molar-refractivity contribution is -0.142. The molecule has 7 unspecified atom stereocenters. The number of methoxy groups -OCH3 is 2. The molecule has 0 heterocycles. The molecule has 2 aliphatic carbocycles. The first-order chi connectivity index (χ1) is 18.2. The van der Waals surface area contributed by atoms with Gasteiger partial charge in [-0.15, -0.1) is 0 Å². The summed E-state index contributed by atoms with van der Waals surface area (Å²) in [5.41, 5.74) is 1.59. The number of aliphatic hydroxyl groups excluding tert-OH is 1. The highest BCUT2D eigenvalue weighted by Crippen LogP contribution is 2.55. The summed E-state index contributed by atoms with van der Waals surface area (Å²) in [5.74, 6) is 0.999. The maximum atomic E-state index is 13.1. The molecule has 0 saturated heterocycles. The van der Waals surface area contributed by atoms with Crippen LogP contribution < -0.4 is 20.1 Å². The second-order valence-electron chi connectivity index (χ2n) is 11.4. The van der Waals surface area contributed by atoms with E-state index in [9.17, 15) is 14.7 Å². The zero-order valence-electron chi connectivity index (χ0n) is 23.2. The smallest absolute Gasteiger partial charge is 0.251 e. The van der Waals surface area contributed by atoms with Crippen molar-refractivity contribution in [3.05, 3.63) is 59.7 Å². The SMILES string of the molecule is COc1ccc(CNC(=O)C(C)C2CCC3(C)CCC(NC(=O)c4ccc(OC)cc4)C(C)C3C2O)cc1. The van der Waals surface area contributed by atoms with Crippen molar-refractivity contribution < 1.29 is 24.2 Å². The van der Waals surface area contributed by atoms with E-state index < -0.39 is 6.10 Å². The van der Waals surface area contributed by atoms with Crippen molar-refractivity contribution in [3.8, 4) is 11.5 Å². The molecule has 2 aromatic rings. The summed E-state index contributed by atoms with van der Waals surface area (Å²) in [6.07, 6.45) is 3.01. The third kappa shape index (κ3) is 5.83. The molecule has 0 radical (unpaired) electrons. The minimum Gasteiger partial charge on any atom is -0.497 e. The second-order valence-corrected chi connectivity index (χ2v) is 11.4. The van der Waals surface area contributed by atoms with Crippen LogP contribution in [0.5, 0.6) is 11.5 Å². The molecule has 206 valence electrons. The van der Waals surface area contributed by atoms with Gasteiger partial charge in [0.05, 0.1) is 20.3 Å². The minimum atomic E-state index is -0.605. The monoisotopic (exact) mass is 522 g/mol. The molecule has 7 heteroatoms. The molecule has 7 atom stereocenters. The van der Waals surface area contributed by atoms with Crippen molar-refractivity contribution in [1.29, 1.82) is 0 Å². The van der Waals surface area contributed by atoms with Crippen LogP contribution in [0.15, 0.2) is 48.5 Å². The topological polar surface area (TPSA) is 96.9 Å².